The van der Waals surface area contributed by atoms with Crippen LogP contribution in [0.2, 0.25) is 0 Å². The van der Waals surface area contributed by atoms with Crippen LogP contribution >= 0.6 is 24.0 Å². The van der Waals surface area contributed by atoms with Crippen LogP contribution in [0.25, 0.3) is 0 Å². The maximum atomic E-state index is 13.5. The Hall–Kier alpha value is -1.71. The number of benzene rings is 1. The van der Waals surface area contributed by atoms with Gasteiger partial charge in [-0.15, -0.1) is 24.0 Å². The molecule has 0 bridgehead atoms. The lowest BCUT2D eigenvalue weighted by Crippen LogP contribution is -2.39. The summed E-state index contributed by atoms with van der Waals surface area (Å²) in [7, 11) is 1.66. The van der Waals surface area contributed by atoms with E-state index in [2.05, 4.69) is 20.7 Å². The van der Waals surface area contributed by atoms with Gasteiger partial charge in [0.05, 0.1) is 0 Å². The number of aryl methyl sites for hydroxylation is 1. The molecule has 2 rings (SSSR count). The largest absolute Gasteiger partial charge is 0.356 e. The van der Waals surface area contributed by atoms with Crippen molar-refractivity contribution in [1.82, 2.24) is 20.4 Å². The van der Waals surface area contributed by atoms with E-state index in [0.29, 0.717) is 12.5 Å². The van der Waals surface area contributed by atoms with Gasteiger partial charge >= 0.3 is 0 Å². The maximum absolute atomic E-state index is 13.5. The first-order valence-corrected chi connectivity index (χ1v) is 7.55. The lowest BCUT2D eigenvalue weighted by atomic mass is 10.1. The fourth-order valence-corrected chi connectivity index (χ4v) is 2.18. The number of halogens is 3. The smallest absolute Gasteiger partial charge is 0.190 e. The summed E-state index contributed by atoms with van der Waals surface area (Å²) >= 11 is 0. The summed E-state index contributed by atoms with van der Waals surface area (Å²) < 4.78 is 28.9. The van der Waals surface area contributed by atoms with Crippen molar-refractivity contribution in [2.45, 2.75) is 19.4 Å². The summed E-state index contributed by atoms with van der Waals surface area (Å²) in [5.74, 6) is -0.426. The van der Waals surface area contributed by atoms with E-state index in [1.165, 1.54) is 18.2 Å². The van der Waals surface area contributed by atoms with Gasteiger partial charge in [0.1, 0.15) is 11.6 Å². The first kappa shape index (κ1) is 20.3. The van der Waals surface area contributed by atoms with Crippen LogP contribution in [-0.4, -0.2) is 35.9 Å². The number of rotatable bonds is 7. The topological polar surface area (TPSA) is 54.2 Å². The monoisotopic (exact) mass is 449 g/mol. The summed E-state index contributed by atoms with van der Waals surface area (Å²) in [6.45, 7) is 1.95. The van der Waals surface area contributed by atoms with E-state index in [4.69, 9.17) is 0 Å². The molecule has 0 aliphatic heterocycles. The van der Waals surface area contributed by atoms with E-state index >= 15 is 0 Å². The molecule has 0 saturated heterocycles. The van der Waals surface area contributed by atoms with Gasteiger partial charge in [0, 0.05) is 44.6 Å². The van der Waals surface area contributed by atoms with Gasteiger partial charge in [0.2, 0.25) is 0 Å². The molecule has 0 saturated carbocycles. The van der Waals surface area contributed by atoms with Gasteiger partial charge in [-0.1, -0.05) is 6.07 Å². The van der Waals surface area contributed by atoms with E-state index in [9.17, 15) is 8.78 Å². The fourth-order valence-electron chi connectivity index (χ4n) is 2.18. The molecule has 2 N–H and O–H groups in total. The molecule has 0 fully saturated rings. The molecule has 0 aliphatic carbocycles. The van der Waals surface area contributed by atoms with Crippen molar-refractivity contribution in [3.05, 3.63) is 53.9 Å². The standard InChI is InChI=1S/C16H21F2N5.HI/c1-19-16(20-8-3-11-23-12-4-9-22-23)21-10-7-13-14(17)5-2-6-15(13)18;/h2,4-6,9,12H,3,7-8,10-11H2,1H3,(H2,19,20,21);1H. The first-order chi connectivity index (χ1) is 11.2. The SMILES string of the molecule is CN=C(NCCCn1cccn1)NCCc1c(F)cccc1F.I. The highest BCUT2D eigenvalue weighted by atomic mass is 127. The lowest BCUT2D eigenvalue weighted by Gasteiger charge is -2.12. The number of hydrogen-bond donors (Lipinski definition) is 2. The Morgan fingerprint density at radius 3 is 2.50 bits per heavy atom. The molecular formula is C16H22F2IN5. The quantitative estimate of drug-likeness (QED) is 0.296. The van der Waals surface area contributed by atoms with Crippen molar-refractivity contribution < 1.29 is 8.78 Å². The molecule has 0 atom stereocenters. The molecule has 132 valence electrons. The van der Waals surface area contributed by atoms with Crippen LogP contribution in [-0.2, 0) is 13.0 Å². The van der Waals surface area contributed by atoms with Gasteiger partial charge in [0.25, 0.3) is 0 Å². The minimum atomic E-state index is -0.519. The Balaban J connectivity index is 0.00000288. The highest BCUT2D eigenvalue weighted by Gasteiger charge is 2.08. The Morgan fingerprint density at radius 2 is 1.88 bits per heavy atom. The highest BCUT2D eigenvalue weighted by Crippen LogP contribution is 2.11. The number of hydrogen-bond acceptors (Lipinski definition) is 2. The van der Waals surface area contributed by atoms with Crippen molar-refractivity contribution in [1.29, 1.82) is 0 Å². The second-order valence-electron chi connectivity index (χ2n) is 5.00. The third kappa shape index (κ3) is 6.42. The predicted molar refractivity (Wildman–Crippen MR) is 102 cm³/mol. The van der Waals surface area contributed by atoms with Gasteiger partial charge < -0.3 is 10.6 Å². The van der Waals surface area contributed by atoms with Gasteiger partial charge in [-0.2, -0.15) is 5.10 Å². The van der Waals surface area contributed by atoms with Crippen LogP contribution < -0.4 is 10.6 Å². The highest BCUT2D eigenvalue weighted by molar-refractivity contribution is 14.0. The van der Waals surface area contributed by atoms with Gasteiger partial charge in [-0.3, -0.25) is 9.67 Å². The molecule has 24 heavy (non-hydrogen) atoms. The lowest BCUT2D eigenvalue weighted by molar-refractivity contribution is 0.551. The second-order valence-corrected chi connectivity index (χ2v) is 5.00. The van der Waals surface area contributed by atoms with E-state index in [1.54, 1.807) is 13.2 Å². The van der Waals surface area contributed by atoms with Crippen LogP contribution in [0.5, 0.6) is 0 Å². The van der Waals surface area contributed by atoms with Crippen LogP contribution in [0.1, 0.15) is 12.0 Å². The maximum Gasteiger partial charge on any atom is 0.190 e. The normalized spacial score (nSPS) is 11.0. The Labute approximate surface area is 157 Å². The van der Waals surface area contributed by atoms with Crippen molar-refractivity contribution in [2.75, 3.05) is 20.1 Å². The first-order valence-electron chi connectivity index (χ1n) is 7.55. The number of guanidine groups is 1. The summed E-state index contributed by atoms with van der Waals surface area (Å²) in [5.41, 5.74) is 0.0918. The van der Waals surface area contributed by atoms with E-state index in [0.717, 1.165) is 19.5 Å². The van der Waals surface area contributed by atoms with Gasteiger partial charge in [-0.25, -0.2) is 8.78 Å². The number of aromatic nitrogens is 2. The predicted octanol–water partition coefficient (Wildman–Crippen LogP) is 2.58. The van der Waals surface area contributed by atoms with Crippen molar-refractivity contribution >= 4 is 29.9 Å². The van der Waals surface area contributed by atoms with Crippen LogP contribution in [0, 0.1) is 11.6 Å². The molecular weight excluding hydrogens is 427 g/mol. The molecule has 0 radical (unpaired) electrons. The van der Waals surface area contributed by atoms with Crippen LogP contribution in [0.4, 0.5) is 8.78 Å². The number of nitrogens with one attached hydrogen (secondary N) is 2. The molecule has 0 unspecified atom stereocenters. The van der Waals surface area contributed by atoms with Crippen molar-refractivity contribution in [3.63, 3.8) is 0 Å². The Morgan fingerprint density at radius 1 is 1.17 bits per heavy atom. The second kappa shape index (κ2) is 11.0. The minimum absolute atomic E-state index is 0. The summed E-state index contributed by atoms with van der Waals surface area (Å²) in [5, 5.41) is 10.3. The average Bonchev–Trinajstić information content (AvgIpc) is 3.05. The molecule has 1 aromatic heterocycles. The zero-order chi connectivity index (χ0) is 16.5. The molecule has 0 aliphatic rings. The molecule has 0 spiro atoms. The third-order valence-corrected chi connectivity index (χ3v) is 3.37. The van der Waals surface area contributed by atoms with Gasteiger partial charge in [-0.05, 0) is 31.0 Å². The number of aliphatic imine (C=N–C) groups is 1. The molecule has 8 heteroatoms. The number of nitrogens with zero attached hydrogens (tertiary/aromatic N) is 3. The van der Waals surface area contributed by atoms with E-state index in [-0.39, 0.29) is 36.0 Å². The minimum Gasteiger partial charge on any atom is -0.356 e. The van der Waals surface area contributed by atoms with Crippen molar-refractivity contribution in [3.8, 4) is 0 Å². The average molecular weight is 449 g/mol. The Bertz CT molecular complexity index is 611. The van der Waals surface area contributed by atoms with E-state index < -0.39 is 11.6 Å². The molecule has 5 nitrogen and oxygen atoms in total. The van der Waals surface area contributed by atoms with Crippen LogP contribution in [0.15, 0.2) is 41.7 Å². The van der Waals surface area contributed by atoms with Crippen LogP contribution in [0.3, 0.4) is 0 Å². The van der Waals surface area contributed by atoms with Crippen molar-refractivity contribution in [2.24, 2.45) is 4.99 Å². The molecule has 1 heterocycles. The summed E-state index contributed by atoms with van der Waals surface area (Å²) in [6.07, 6.45) is 4.81. The molecule has 0 amide bonds. The molecule has 1 aromatic carbocycles. The summed E-state index contributed by atoms with van der Waals surface area (Å²) in [6, 6.07) is 5.78. The zero-order valence-electron chi connectivity index (χ0n) is 13.5. The fraction of sp³-hybridized carbons (Fsp3) is 0.375. The zero-order valence-corrected chi connectivity index (χ0v) is 15.8. The summed E-state index contributed by atoms with van der Waals surface area (Å²) in [4.78, 5) is 4.08. The Kier molecular flexibility index (Phi) is 9.28. The molecule has 2 aromatic rings. The third-order valence-electron chi connectivity index (χ3n) is 3.37. The van der Waals surface area contributed by atoms with E-state index in [1.807, 2.05) is 16.9 Å². The van der Waals surface area contributed by atoms with Gasteiger partial charge in [0.15, 0.2) is 5.96 Å².